The number of rotatable bonds is 3. The summed E-state index contributed by atoms with van der Waals surface area (Å²) in [5, 5.41) is 8.12. The molecule has 6 nitrogen and oxygen atoms in total. The fourth-order valence-corrected chi connectivity index (χ4v) is 3.79. The van der Waals surface area contributed by atoms with Gasteiger partial charge in [-0.15, -0.1) is 10.2 Å². The molecule has 1 aliphatic heterocycles. The lowest BCUT2D eigenvalue weighted by Gasteiger charge is -2.38. The Kier molecular flexibility index (Phi) is 4.06. The fraction of sp³-hybridized carbons (Fsp3) is 0.579. The molecule has 1 amide bonds. The van der Waals surface area contributed by atoms with Gasteiger partial charge >= 0.3 is 0 Å². The number of hydrogen-bond donors (Lipinski definition) is 0. The normalized spacial score (nSPS) is 23.7. The molecule has 2 atom stereocenters. The molecule has 2 fully saturated rings. The van der Waals surface area contributed by atoms with Crippen molar-refractivity contribution in [2.45, 2.75) is 64.3 Å². The van der Waals surface area contributed by atoms with Crippen molar-refractivity contribution in [3.63, 3.8) is 0 Å². The summed E-state index contributed by atoms with van der Waals surface area (Å²) in [6.07, 6.45) is 4.33. The molecule has 1 saturated heterocycles. The number of piperidine rings is 1. The zero-order valence-corrected chi connectivity index (χ0v) is 15.0. The van der Waals surface area contributed by atoms with Gasteiger partial charge in [0, 0.05) is 31.1 Å². The van der Waals surface area contributed by atoms with Crippen LogP contribution < -0.4 is 0 Å². The number of likely N-dealkylation sites (tertiary alicyclic amines) is 1. The van der Waals surface area contributed by atoms with E-state index in [1.807, 2.05) is 24.0 Å². The van der Waals surface area contributed by atoms with Crippen LogP contribution in [0.1, 0.15) is 78.0 Å². The van der Waals surface area contributed by atoms with E-state index in [1.54, 1.807) is 6.92 Å². The van der Waals surface area contributed by atoms with Gasteiger partial charge in [0.25, 0.3) is 5.91 Å². The van der Waals surface area contributed by atoms with Crippen molar-refractivity contribution < 1.29 is 9.21 Å². The van der Waals surface area contributed by atoms with Crippen molar-refractivity contribution in [3.05, 3.63) is 40.9 Å². The number of pyridine rings is 1. The summed E-state index contributed by atoms with van der Waals surface area (Å²) in [5.74, 6) is 1.96. The van der Waals surface area contributed by atoms with Crippen LogP contribution in [0.25, 0.3) is 0 Å². The standard InChI is InChI=1S/C19H24N4O2/c1-11-15(8-9-17(20-11)14-6-7-14)19(24)23-10-4-5-16(12(23)2)18-22-21-13(3)25-18/h8-9,12,14,16H,4-7,10H2,1-3H3/t12-,16-/m0/s1. The lowest BCUT2D eigenvalue weighted by atomic mass is 9.89. The van der Waals surface area contributed by atoms with Gasteiger partial charge in [-0.2, -0.15) is 0 Å². The third kappa shape index (κ3) is 3.05. The first kappa shape index (κ1) is 16.2. The summed E-state index contributed by atoms with van der Waals surface area (Å²) in [4.78, 5) is 19.7. The summed E-state index contributed by atoms with van der Waals surface area (Å²) in [6.45, 7) is 6.56. The zero-order valence-electron chi connectivity index (χ0n) is 15.0. The third-order valence-electron chi connectivity index (χ3n) is 5.44. The molecule has 0 radical (unpaired) electrons. The summed E-state index contributed by atoms with van der Waals surface area (Å²) in [6, 6.07) is 4.00. The predicted octanol–water partition coefficient (Wildman–Crippen LogP) is 3.37. The van der Waals surface area contributed by atoms with Crippen molar-refractivity contribution in [1.82, 2.24) is 20.1 Å². The number of carbonyl (C=O) groups excluding carboxylic acids is 1. The van der Waals surface area contributed by atoms with Crippen LogP contribution >= 0.6 is 0 Å². The number of hydrogen-bond acceptors (Lipinski definition) is 5. The minimum absolute atomic E-state index is 0.0311. The second-order valence-electron chi connectivity index (χ2n) is 7.29. The van der Waals surface area contributed by atoms with Crippen molar-refractivity contribution in [3.8, 4) is 0 Å². The molecule has 2 aromatic heterocycles. The molecule has 132 valence electrons. The Hall–Kier alpha value is -2.24. The number of aromatic nitrogens is 3. The summed E-state index contributed by atoms with van der Waals surface area (Å²) in [7, 11) is 0. The molecule has 0 N–H and O–H groups in total. The van der Waals surface area contributed by atoms with Gasteiger partial charge in [0.1, 0.15) is 0 Å². The second kappa shape index (κ2) is 6.24. The Morgan fingerprint density at radius 3 is 2.64 bits per heavy atom. The van der Waals surface area contributed by atoms with E-state index in [2.05, 4.69) is 22.1 Å². The van der Waals surface area contributed by atoms with Gasteiger partial charge in [0.15, 0.2) is 0 Å². The molecule has 6 heteroatoms. The maximum Gasteiger partial charge on any atom is 0.255 e. The Morgan fingerprint density at radius 2 is 2.00 bits per heavy atom. The van der Waals surface area contributed by atoms with Gasteiger partial charge in [-0.3, -0.25) is 9.78 Å². The molecule has 4 rings (SSSR count). The maximum atomic E-state index is 13.1. The molecule has 0 aromatic carbocycles. The molecule has 0 bridgehead atoms. The Balaban J connectivity index is 1.56. The van der Waals surface area contributed by atoms with E-state index in [4.69, 9.17) is 4.42 Å². The second-order valence-corrected chi connectivity index (χ2v) is 7.29. The molecule has 2 aromatic rings. The Bertz CT molecular complexity index is 796. The van der Waals surface area contributed by atoms with Crippen molar-refractivity contribution in [1.29, 1.82) is 0 Å². The number of aryl methyl sites for hydroxylation is 2. The van der Waals surface area contributed by atoms with Crippen LogP contribution in [0, 0.1) is 13.8 Å². The van der Waals surface area contributed by atoms with Gasteiger partial charge in [-0.05, 0) is 51.7 Å². The highest BCUT2D eigenvalue weighted by atomic mass is 16.4. The molecule has 0 spiro atoms. The summed E-state index contributed by atoms with van der Waals surface area (Å²) >= 11 is 0. The van der Waals surface area contributed by atoms with E-state index in [0.717, 1.165) is 30.8 Å². The maximum absolute atomic E-state index is 13.1. The van der Waals surface area contributed by atoms with Gasteiger partial charge < -0.3 is 9.32 Å². The highest BCUT2D eigenvalue weighted by Gasteiger charge is 2.36. The van der Waals surface area contributed by atoms with Crippen LogP contribution in [0.4, 0.5) is 0 Å². The first-order chi connectivity index (χ1) is 12.0. The average molecular weight is 340 g/mol. The van der Waals surface area contributed by atoms with Gasteiger partial charge in [-0.25, -0.2) is 0 Å². The van der Waals surface area contributed by atoms with Crippen LogP contribution in [0.3, 0.4) is 0 Å². The lowest BCUT2D eigenvalue weighted by molar-refractivity contribution is 0.0581. The Morgan fingerprint density at radius 1 is 1.20 bits per heavy atom. The minimum Gasteiger partial charge on any atom is -0.425 e. The van der Waals surface area contributed by atoms with Gasteiger partial charge in [0.2, 0.25) is 11.8 Å². The van der Waals surface area contributed by atoms with Gasteiger partial charge in [0.05, 0.1) is 17.2 Å². The first-order valence-corrected chi connectivity index (χ1v) is 9.13. The van der Waals surface area contributed by atoms with E-state index < -0.39 is 0 Å². The average Bonchev–Trinajstić information content (AvgIpc) is 3.36. The monoisotopic (exact) mass is 340 g/mol. The molecule has 2 aliphatic rings. The predicted molar refractivity (Wildman–Crippen MR) is 92.5 cm³/mol. The van der Waals surface area contributed by atoms with Gasteiger partial charge in [-0.1, -0.05) is 0 Å². The largest absolute Gasteiger partial charge is 0.425 e. The molecular formula is C19H24N4O2. The number of nitrogens with zero attached hydrogens (tertiary/aromatic N) is 4. The molecule has 25 heavy (non-hydrogen) atoms. The van der Waals surface area contributed by atoms with Crippen LogP contribution in [-0.4, -0.2) is 38.6 Å². The summed E-state index contributed by atoms with van der Waals surface area (Å²) in [5.41, 5.74) is 2.66. The molecule has 1 saturated carbocycles. The SMILES string of the molecule is Cc1nnc([C@H]2CCCN(C(=O)c3ccc(C4CC4)nc3C)[C@H]2C)o1. The van der Waals surface area contributed by atoms with Crippen molar-refractivity contribution >= 4 is 5.91 Å². The molecule has 0 unspecified atom stereocenters. The Labute approximate surface area is 147 Å². The van der Waals surface area contributed by atoms with Crippen molar-refractivity contribution in [2.24, 2.45) is 0 Å². The smallest absolute Gasteiger partial charge is 0.255 e. The van der Waals surface area contributed by atoms with E-state index in [1.165, 1.54) is 12.8 Å². The van der Waals surface area contributed by atoms with E-state index >= 15 is 0 Å². The minimum atomic E-state index is 0.0311. The molecule has 1 aliphatic carbocycles. The topological polar surface area (TPSA) is 72.1 Å². The van der Waals surface area contributed by atoms with Crippen molar-refractivity contribution in [2.75, 3.05) is 6.54 Å². The van der Waals surface area contributed by atoms with Crippen LogP contribution in [-0.2, 0) is 0 Å². The van der Waals surface area contributed by atoms with E-state index in [9.17, 15) is 4.79 Å². The molecule has 3 heterocycles. The van der Waals surface area contributed by atoms with E-state index in [-0.39, 0.29) is 17.9 Å². The highest BCUT2D eigenvalue weighted by Crippen LogP contribution is 2.39. The quantitative estimate of drug-likeness (QED) is 0.856. The molecular weight excluding hydrogens is 316 g/mol. The van der Waals surface area contributed by atoms with Crippen LogP contribution in [0.5, 0.6) is 0 Å². The zero-order chi connectivity index (χ0) is 17.6. The van der Waals surface area contributed by atoms with Crippen LogP contribution in [0.2, 0.25) is 0 Å². The number of carbonyl (C=O) groups is 1. The fourth-order valence-electron chi connectivity index (χ4n) is 3.79. The third-order valence-corrected chi connectivity index (χ3v) is 5.44. The van der Waals surface area contributed by atoms with Crippen LogP contribution in [0.15, 0.2) is 16.5 Å². The summed E-state index contributed by atoms with van der Waals surface area (Å²) < 4.78 is 5.63. The van der Waals surface area contributed by atoms with E-state index in [0.29, 0.717) is 23.3 Å². The highest BCUT2D eigenvalue weighted by molar-refractivity contribution is 5.95. The number of amides is 1. The first-order valence-electron chi connectivity index (χ1n) is 9.13. The lowest BCUT2D eigenvalue weighted by Crippen LogP contribution is -2.46.